The fourth-order valence-electron chi connectivity index (χ4n) is 4.88. The van der Waals surface area contributed by atoms with E-state index in [0.29, 0.717) is 29.7 Å². The number of hydrogen-bond donors (Lipinski definition) is 1. The highest BCUT2D eigenvalue weighted by Crippen LogP contribution is 2.41. The van der Waals surface area contributed by atoms with Gasteiger partial charge in [-0.15, -0.1) is 0 Å². The van der Waals surface area contributed by atoms with Crippen LogP contribution in [0.5, 0.6) is 0 Å². The smallest absolute Gasteiger partial charge is 0.364 e. The first-order valence-corrected chi connectivity index (χ1v) is 11.0. The minimum absolute atomic E-state index is 0.00496. The highest BCUT2D eigenvalue weighted by atomic mass is 19.4. The number of aromatic nitrogens is 5. The van der Waals surface area contributed by atoms with E-state index in [1.54, 1.807) is 24.7 Å². The van der Waals surface area contributed by atoms with E-state index in [2.05, 4.69) is 30.2 Å². The van der Waals surface area contributed by atoms with E-state index in [-0.39, 0.29) is 29.9 Å². The maximum absolute atomic E-state index is 13.7. The third kappa shape index (κ3) is 3.84. The molecule has 34 heavy (non-hydrogen) atoms. The second-order valence-electron chi connectivity index (χ2n) is 8.64. The average Bonchev–Trinajstić information content (AvgIpc) is 3.38. The van der Waals surface area contributed by atoms with Gasteiger partial charge in [0, 0.05) is 24.6 Å². The first-order valence-electron chi connectivity index (χ1n) is 11.0. The van der Waals surface area contributed by atoms with E-state index < -0.39 is 11.9 Å². The lowest BCUT2D eigenvalue weighted by molar-refractivity contribution is -0.141. The molecule has 176 valence electrons. The number of nitrogens with zero attached hydrogens (tertiary/aromatic N) is 6. The van der Waals surface area contributed by atoms with Crippen molar-refractivity contribution in [1.29, 1.82) is 0 Å². The van der Waals surface area contributed by atoms with Gasteiger partial charge in [0.05, 0.1) is 30.0 Å². The molecule has 2 bridgehead atoms. The van der Waals surface area contributed by atoms with Crippen molar-refractivity contribution in [3.05, 3.63) is 59.6 Å². The Bertz CT molecular complexity index is 1220. The number of nitrogens with one attached hydrogen (secondary N) is 1. The molecule has 2 aliphatic rings. The SMILES string of the molecule is Cc1cnc(C(=O)N2[C@@H]3CC[C@H]2[C@H](Nc2cnc(C(F)(F)F)cn2)C3)c(-c2ncccn2)c1C. The molecule has 8 nitrogen and oxygen atoms in total. The van der Waals surface area contributed by atoms with E-state index in [9.17, 15) is 18.0 Å². The second-order valence-corrected chi connectivity index (χ2v) is 8.64. The van der Waals surface area contributed by atoms with Gasteiger partial charge in [0.15, 0.2) is 11.5 Å². The number of aryl methyl sites for hydroxylation is 1. The van der Waals surface area contributed by atoms with Crippen molar-refractivity contribution in [2.75, 3.05) is 5.32 Å². The van der Waals surface area contributed by atoms with Crippen LogP contribution in [0.4, 0.5) is 19.0 Å². The molecule has 2 fully saturated rings. The van der Waals surface area contributed by atoms with Gasteiger partial charge in [-0.05, 0) is 50.3 Å². The van der Waals surface area contributed by atoms with E-state index in [0.717, 1.165) is 30.2 Å². The van der Waals surface area contributed by atoms with Crippen molar-refractivity contribution in [3.63, 3.8) is 0 Å². The number of carbonyl (C=O) groups excluding carboxylic acids is 1. The summed E-state index contributed by atoms with van der Waals surface area (Å²) in [7, 11) is 0. The normalized spacial score (nSPS) is 21.7. The zero-order valence-corrected chi connectivity index (χ0v) is 18.5. The third-order valence-electron chi connectivity index (χ3n) is 6.63. The number of fused-ring (bicyclic) bond motifs is 2. The summed E-state index contributed by atoms with van der Waals surface area (Å²) in [6, 6.07) is 1.45. The van der Waals surface area contributed by atoms with Gasteiger partial charge < -0.3 is 10.2 Å². The van der Waals surface area contributed by atoms with Gasteiger partial charge in [-0.2, -0.15) is 13.2 Å². The highest BCUT2D eigenvalue weighted by Gasteiger charge is 2.49. The monoisotopic (exact) mass is 469 g/mol. The first-order chi connectivity index (χ1) is 16.2. The van der Waals surface area contributed by atoms with Gasteiger partial charge in [-0.25, -0.2) is 19.9 Å². The van der Waals surface area contributed by atoms with Crippen LogP contribution >= 0.6 is 0 Å². The van der Waals surface area contributed by atoms with Crippen molar-refractivity contribution in [2.45, 2.75) is 57.4 Å². The van der Waals surface area contributed by atoms with Crippen molar-refractivity contribution < 1.29 is 18.0 Å². The van der Waals surface area contributed by atoms with E-state index in [1.807, 2.05) is 18.7 Å². The zero-order valence-electron chi connectivity index (χ0n) is 18.5. The Kier molecular flexibility index (Phi) is 5.41. The van der Waals surface area contributed by atoms with Gasteiger partial charge >= 0.3 is 6.18 Å². The molecule has 0 aliphatic carbocycles. The van der Waals surface area contributed by atoms with Crippen LogP contribution in [0.25, 0.3) is 11.4 Å². The molecule has 0 unspecified atom stereocenters. The molecule has 5 heterocycles. The highest BCUT2D eigenvalue weighted by molar-refractivity contribution is 5.99. The molecule has 0 aromatic carbocycles. The quantitative estimate of drug-likeness (QED) is 0.620. The molecule has 3 atom stereocenters. The molecule has 1 N–H and O–H groups in total. The molecule has 0 spiro atoms. The summed E-state index contributed by atoms with van der Waals surface area (Å²) >= 11 is 0. The number of amides is 1. The molecule has 3 aromatic heterocycles. The van der Waals surface area contributed by atoms with Crippen LogP contribution in [0, 0.1) is 13.8 Å². The first kappa shape index (κ1) is 22.2. The zero-order chi connectivity index (χ0) is 24.0. The molecule has 5 rings (SSSR count). The summed E-state index contributed by atoms with van der Waals surface area (Å²) in [5.41, 5.74) is 1.71. The minimum Gasteiger partial charge on any atom is -0.364 e. The third-order valence-corrected chi connectivity index (χ3v) is 6.63. The van der Waals surface area contributed by atoms with Crippen LogP contribution < -0.4 is 5.32 Å². The number of alkyl halides is 3. The van der Waals surface area contributed by atoms with Gasteiger partial charge in [-0.1, -0.05) is 0 Å². The van der Waals surface area contributed by atoms with Crippen molar-refractivity contribution >= 4 is 11.7 Å². The molecule has 3 aromatic rings. The van der Waals surface area contributed by atoms with E-state index >= 15 is 0 Å². The summed E-state index contributed by atoms with van der Waals surface area (Å²) in [4.78, 5) is 36.1. The molecule has 11 heteroatoms. The Morgan fingerprint density at radius 1 is 1.03 bits per heavy atom. The maximum Gasteiger partial charge on any atom is 0.434 e. The maximum atomic E-state index is 13.7. The molecular formula is C23H22F3N7O. The number of hydrogen-bond acceptors (Lipinski definition) is 7. The van der Waals surface area contributed by atoms with Crippen molar-refractivity contribution in [3.8, 4) is 11.4 Å². The Hall–Kier alpha value is -3.63. The van der Waals surface area contributed by atoms with Crippen LogP contribution in [0.15, 0.2) is 37.1 Å². The molecule has 2 saturated heterocycles. The number of halogens is 3. The lowest BCUT2D eigenvalue weighted by Gasteiger charge is -2.26. The molecule has 1 amide bonds. The Balaban J connectivity index is 1.41. The lowest BCUT2D eigenvalue weighted by Crippen LogP contribution is -2.40. The molecular weight excluding hydrogens is 447 g/mol. The van der Waals surface area contributed by atoms with Crippen LogP contribution in [0.2, 0.25) is 0 Å². The summed E-state index contributed by atoms with van der Waals surface area (Å²) in [5, 5.41) is 3.17. The van der Waals surface area contributed by atoms with Gasteiger partial charge in [-0.3, -0.25) is 9.78 Å². The number of pyridine rings is 1. The number of anilines is 1. The molecule has 0 saturated carbocycles. The van der Waals surface area contributed by atoms with Crippen LogP contribution in [0.1, 0.15) is 46.6 Å². The van der Waals surface area contributed by atoms with E-state index in [4.69, 9.17) is 0 Å². The predicted octanol–water partition coefficient (Wildman–Crippen LogP) is 3.82. The largest absolute Gasteiger partial charge is 0.434 e. The number of rotatable bonds is 4. The van der Waals surface area contributed by atoms with Crippen molar-refractivity contribution in [2.24, 2.45) is 0 Å². The molecule has 2 aliphatic heterocycles. The summed E-state index contributed by atoms with van der Waals surface area (Å²) in [6.45, 7) is 3.85. The number of carbonyl (C=O) groups is 1. The van der Waals surface area contributed by atoms with E-state index in [1.165, 1.54) is 0 Å². The fraction of sp³-hybridized carbons (Fsp3) is 0.391. The topological polar surface area (TPSA) is 96.8 Å². The minimum atomic E-state index is -4.54. The average molecular weight is 469 g/mol. The van der Waals surface area contributed by atoms with Crippen LogP contribution in [0.3, 0.4) is 0 Å². The fourth-order valence-corrected chi connectivity index (χ4v) is 4.88. The Labute approximate surface area is 193 Å². The molecule has 0 radical (unpaired) electrons. The summed E-state index contributed by atoms with van der Waals surface area (Å²) in [5.74, 6) is 0.502. The summed E-state index contributed by atoms with van der Waals surface area (Å²) in [6.07, 6.45) is 4.49. The van der Waals surface area contributed by atoms with Crippen LogP contribution in [-0.4, -0.2) is 53.9 Å². The standard InChI is InChI=1S/C23H22F3N7O/c1-12-9-31-20(19(13(12)2)21-27-6-3-7-28-21)22(34)33-14-4-5-16(33)15(8-14)32-18-11-29-17(10-30-18)23(24,25)26/h3,6-7,9-11,14-16H,4-5,8H2,1-2H3,(H,30,32)/t14-,15-,16+/m1/s1. The van der Waals surface area contributed by atoms with Gasteiger partial charge in [0.25, 0.3) is 5.91 Å². The lowest BCUT2D eigenvalue weighted by atomic mass is 9.95. The Morgan fingerprint density at radius 3 is 2.47 bits per heavy atom. The predicted molar refractivity (Wildman–Crippen MR) is 117 cm³/mol. The Morgan fingerprint density at radius 2 is 1.79 bits per heavy atom. The van der Waals surface area contributed by atoms with Crippen molar-refractivity contribution in [1.82, 2.24) is 29.8 Å². The van der Waals surface area contributed by atoms with Gasteiger partial charge in [0.2, 0.25) is 0 Å². The van der Waals surface area contributed by atoms with Gasteiger partial charge in [0.1, 0.15) is 11.5 Å². The second kappa shape index (κ2) is 8.30. The van der Waals surface area contributed by atoms with Crippen LogP contribution in [-0.2, 0) is 6.18 Å². The summed E-state index contributed by atoms with van der Waals surface area (Å²) < 4.78 is 38.3.